The van der Waals surface area contributed by atoms with Crippen LogP contribution in [0.2, 0.25) is 0 Å². The van der Waals surface area contributed by atoms with Crippen molar-refractivity contribution in [1.29, 1.82) is 0 Å². The first-order valence-corrected chi connectivity index (χ1v) is 17.1. The van der Waals surface area contributed by atoms with E-state index in [4.69, 9.17) is 4.74 Å². The Bertz CT molecular complexity index is 2360. The van der Waals surface area contributed by atoms with Crippen molar-refractivity contribution in [2.45, 2.75) is 26.6 Å². The van der Waals surface area contributed by atoms with Gasteiger partial charge in [0.1, 0.15) is 16.5 Å². The number of aromatic nitrogens is 3. The molecule has 0 fully saturated rings. The van der Waals surface area contributed by atoms with Crippen LogP contribution in [0.3, 0.4) is 0 Å². The fourth-order valence-electron chi connectivity index (χ4n) is 5.84. The molecule has 6 rings (SSSR count). The van der Waals surface area contributed by atoms with E-state index >= 15 is 8.78 Å². The Balaban J connectivity index is 1.54. The predicted molar refractivity (Wildman–Crippen MR) is 196 cm³/mol. The summed E-state index contributed by atoms with van der Waals surface area (Å²) in [4.78, 5) is 60.1. The number of rotatable bonds is 11. The number of fused-ring (bicyclic) bond motifs is 1. The van der Waals surface area contributed by atoms with Crippen LogP contribution in [0.1, 0.15) is 34.1 Å². The van der Waals surface area contributed by atoms with E-state index in [1.54, 1.807) is 66.7 Å². The van der Waals surface area contributed by atoms with Gasteiger partial charge in [0, 0.05) is 42.0 Å². The van der Waals surface area contributed by atoms with Crippen LogP contribution in [0.25, 0.3) is 26.3 Å². The van der Waals surface area contributed by atoms with Gasteiger partial charge in [-0.25, -0.2) is 27.7 Å². The van der Waals surface area contributed by atoms with Gasteiger partial charge in [-0.15, -0.1) is 11.3 Å². The number of nitrogens with zero attached hydrogens (tertiary/aromatic N) is 4. The third-order valence-electron chi connectivity index (χ3n) is 8.31. The minimum atomic E-state index is -0.824. The maximum absolute atomic E-state index is 15.1. The first kappa shape index (κ1) is 35.8. The minimum absolute atomic E-state index is 0.199. The molecule has 0 radical (unpaired) electrons. The molecule has 6 aromatic rings. The molecule has 3 aromatic heterocycles. The fourth-order valence-corrected chi connectivity index (χ4v) is 7.14. The van der Waals surface area contributed by atoms with Crippen LogP contribution < -0.4 is 21.9 Å². The van der Waals surface area contributed by atoms with Crippen molar-refractivity contribution in [2.24, 2.45) is 0 Å². The predicted octanol–water partition coefficient (Wildman–Crippen LogP) is 6.16. The van der Waals surface area contributed by atoms with E-state index in [1.807, 2.05) is 18.9 Å². The second-order valence-corrected chi connectivity index (χ2v) is 12.9. The smallest absolute Gasteiger partial charge is 0.339 e. The van der Waals surface area contributed by atoms with Gasteiger partial charge in [-0.3, -0.25) is 19.2 Å². The average molecular weight is 725 g/mol. The number of ether oxygens (including phenoxy) is 1. The summed E-state index contributed by atoms with van der Waals surface area (Å²) in [6.45, 7) is 2.31. The summed E-state index contributed by atoms with van der Waals surface area (Å²) < 4.78 is 37.2. The van der Waals surface area contributed by atoms with Gasteiger partial charge in [-0.1, -0.05) is 36.4 Å². The standard InChI is InChI=1S/C38H34F2N6O5S/c1-4-41-37(49)43-25-16-13-23(14-17-25)33-29(21-44(2)20-26-18-15-24(19-42-26)36(48)51-3)32-34(47)46(27-9-6-5-7-10-27)38(50)45(35(32)52-33)22-28-30(39)11-8-12-31(28)40/h5-19H,4,20-22H2,1-3H3,(H2,41,43,49). The lowest BCUT2D eigenvalue weighted by Gasteiger charge is -2.18. The summed E-state index contributed by atoms with van der Waals surface area (Å²) in [6.07, 6.45) is 1.43. The molecule has 0 aliphatic heterocycles. The summed E-state index contributed by atoms with van der Waals surface area (Å²) in [5, 5.41) is 5.66. The lowest BCUT2D eigenvalue weighted by Crippen LogP contribution is -2.39. The zero-order chi connectivity index (χ0) is 36.9. The molecule has 3 heterocycles. The van der Waals surface area contributed by atoms with Gasteiger partial charge in [-0.05, 0) is 73.6 Å². The van der Waals surface area contributed by atoms with Crippen molar-refractivity contribution in [3.8, 4) is 16.1 Å². The molecule has 3 aromatic carbocycles. The second kappa shape index (κ2) is 15.5. The number of pyridine rings is 1. The van der Waals surface area contributed by atoms with Crippen molar-refractivity contribution in [3.63, 3.8) is 0 Å². The highest BCUT2D eigenvalue weighted by Gasteiger charge is 2.26. The van der Waals surface area contributed by atoms with Crippen LogP contribution in [-0.4, -0.2) is 51.7 Å². The zero-order valence-electron chi connectivity index (χ0n) is 28.5. The van der Waals surface area contributed by atoms with Gasteiger partial charge in [0.15, 0.2) is 0 Å². The Labute approximate surface area is 300 Å². The topological polar surface area (TPSA) is 128 Å². The number of methoxy groups -OCH3 is 1. The molecule has 0 spiro atoms. The lowest BCUT2D eigenvalue weighted by atomic mass is 10.1. The molecule has 0 saturated carbocycles. The van der Waals surface area contributed by atoms with Crippen LogP contribution in [0.5, 0.6) is 0 Å². The number of hydrogen-bond donors (Lipinski definition) is 2. The molecular formula is C38H34F2N6O5S. The van der Waals surface area contributed by atoms with Crippen molar-refractivity contribution >= 4 is 39.2 Å². The number of para-hydroxylation sites is 1. The van der Waals surface area contributed by atoms with E-state index in [-0.39, 0.29) is 28.4 Å². The summed E-state index contributed by atoms with van der Waals surface area (Å²) >= 11 is 1.16. The summed E-state index contributed by atoms with van der Waals surface area (Å²) in [5.41, 5.74) is 1.39. The average Bonchev–Trinajstić information content (AvgIpc) is 3.50. The number of anilines is 1. The number of nitrogens with one attached hydrogen (secondary N) is 2. The van der Waals surface area contributed by atoms with Crippen LogP contribution in [0.15, 0.2) is 101 Å². The van der Waals surface area contributed by atoms with Crippen LogP contribution in [0.4, 0.5) is 19.3 Å². The molecule has 0 aliphatic rings. The number of benzene rings is 3. The number of halogens is 2. The van der Waals surface area contributed by atoms with E-state index in [9.17, 15) is 19.2 Å². The van der Waals surface area contributed by atoms with Crippen LogP contribution in [-0.2, 0) is 24.4 Å². The second-order valence-electron chi connectivity index (χ2n) is 11.9. The van der Waals surface area contributed by atoms with Gasteiger partial charge < -0.3 is 15.4 Å². The van der Waals surface area contributed by atoms with E-state index in [2.05, 4.69) is 15.6 Å². The molecule has 0 atom stereocenters. The summed E-state index contributed by atoms with van der Waals surface area (Å²) in [6, 6.07) is 21.8. The number of thiophene rings is 1. The summed E-state index contributed by atoms with van der Waals surface area (Å²) in [5.74, 6) is -2.16. The quantitative estimate of drug-likeness (QED) is 0.153. The lowest BCUT2D eigenvalue weighted by molar-refractivity contribution is 0.0600. The van der Waals surface area contributed by atoms with Gasteiger partial charge in [0.05, 0.1) is 36.0 Å². The first-order chi connectivity index (χ1) is 25.1. The Morgan fingerprint density at radius 3 is 2.25 bits per heavy atom. The Hall–Kier alpha value is -5.99. The molecule has 2 amide bonds. The molecule has 14 heteroatoms. The van der Waals surface area contributed by atoms with Crippen LogP contribution >= 0.6 is 11.3 Å². The SMILES string of the molecule is CCNC(=O)Nc1ccc(-c2sc3c(c2CN(C)Cc2ccc(C(=O)OC)cn2)c(=O)n(-c2ccccc2)c(=O)n3Cc2c(F)cccc2F)cc1. The van der Waals surface area contributed by atoms with Gasteiger partial charge in [-0.2, -0.15) is 0 Å². The van der Waals surface area contributed by atoms with Crippen molar-refractivity contribution in [1.82, 2.24) is 24.3 Å². The fraction of sp³-hybridized carbons (Fsp3) is 0.184. The van der Waals surface area contributed by atoms with E-state index in [0.717, 1.165) is 28.0 Å². The number of urea groups is 1. The molecular weight excluding hydrogens is 691 g/mol. The van der Waals surface area contributed by atoms with Crippen LogP contribution in [0, 0.1) is 11.6 Å². The molecule has 0 aliphatic carbocycles. The molecule has 11 nitrogen and oxygen atoms in total. The monoisotopic (exact) mass is 724 g/mol. The highest BCUT2D eigenvalue weighted by Crippen LogP contribution is 2.38. The Morgan fingerprint density at radius 1 is 0.904 bits per heavy atom. The van der Waals surface area contributed by atoms with Gasteiger partial charge in [0.25, 0.3) is 5.56 Å². The number of hydrogen-bond acceptors (Lipinski definition) is 8. The minimum Gasteiger partial charge on any atom is -0.465 e. The third kappa shape index (κ3) is 7.38. The molecule has 2 N–H and O–H groups in total. The zero-order valence-corrected chi connectivity index (χ0v) is 29.3. The van der Waals surface area contributed by atoms with E-state index < -0.39 is 35.4 Å². The molecule has 266 valence electrons. The maximum Gasteiger partial charge on any atom is 0.339 e. The Kier molecular flexibility index (Phi) is 10.7. The number of carbonyl (C=O) groups excluding carboxylic acids is 2. The number of esters is 1. The molecule has 0 bridgehead atoms. The maximum atomic E-state index is 15.1. The van der Waals surface area contributed by atoms with Crippen molar-refractivity contribution in [2.75, 3.05) is 26.0 Å². The highest BCUT2D eigenvalue weighted by molar-refractivity contribution is 7.22. The first-order valence-electron chi connectivity index (χ1n) is 16.3. The largest absolute Gasteiger partial charge is 0.465 e. The molecule has 52 heavy (non-hydrogen) atoms. The van der Waals surface area contributed by atoms with Gasteiger partial charge >= 0.3 is 17.7 Å². The molecule has 0 saturated heterocycles. The third-order valence-corrected chi connectivity index (χ3v) is 9.62. The number of amides is 2. The van der Waals surface area contributed by atoms with Crippen molar-refractivity contribution < 1.29 is 23.1 Å². The van der Waals surface area contributed by atoms with Crippen molar-refractivity contribution in [3.05, 3.63) is 146 Å². The van der Waals surface area contributed by atoms with E-state index in [0.29, 0.717) is 51.7 Å². The number of carbonyl (C=O) groups is 2. The van der Waals surface area contributed by atoms with E-state index in [1.165, 1.54) is 23.9 Å². The molecule has 0 unspecified atom stereocenters. The Morgan fingerprint density at radius 2 is 1.62 bits per heavy atom. The summed E-state index contributed by atoms with van der Waals surface area (Å²) in [7, 11) is 3.13. The highest BCUT2D eigenvalue weighted by atomic mass is 32.1. The van der Waals surface area contributed by atoms with Gasteiger partial charge in [0.2, 0.25) is 0 Å². The normalized spacial score (nSPS) is 11.2.